The first kappa shape index (κ1) is 16.0. The van der Waals surface area contributed by atoms with Gasteiger partial charge in [-0.25, -0.2) is 0 Å². The van der Waals surface area contributed by atoms with Crippen LogP contribution in [-0.2, 0) is 18.5 Å². The minimum Gasteiger partial charge on any atom is -0.312 e. The first-order chi connectivity index (χ1) is 8.91. The van der Waals surface area contributed by atoms with Gasteiger partial charge < -0.3 is 9.88 Å². The molecule has 0 bridgehead atoms. The number of nitrogens with zero attached hydrogens (tertiary/aromatic N) is 1. The molecule has 3 nitrogen and oxygen atoms in total. The van der Waals surface area contributed by atoms with Crippen molar-refractivity contribution >= 4 is 0 Å². The van der Waals surface area contributed by atoms with Gasteiger partial charge in [0, 0.05) is 29.8 Å². The molecule has 108 valence electrons. The maximum Gasteiger partial charge on any atom is 0.255 e. The van der Waals surface area contributed by atoms with Gasteiger partial charge in [-0.3, -0.25) is 4.79 Å². The Balaban J connectivity index is 2.96. The summed E-state index contributed by atoms with van der Waals surface area (Å²) in [6.07, 6.45) is 2.33. The normalized spacial score (nSPS) is 11.8. The van der Waals surface area contributed by atoms with Gasteiger partial charge in [0.25, 0.3) is 5.56 Å². The maximum absolute atomic E-state index is 12.5. The molecule has 1 aromatic rings. The molecule has 1 heterocycles. The first-order valence-corrected chi connectivity index (χ1v) is 7.35. The molecule has 0 aromatic carbocycles. The van der Waals surface area contributed by atoms with Crippen LogP contribution in [0.15, 0.2) is 16.9 Å². The van der Waals surface area contributed by atoms with E-state index in [2.05, 4.69) is 39.1 Å². The highest BCUT2D eigenvalue weighted by Crippen LogP contribution is 2.21. The molecule has 0 atom stereocenters. The van der Waals surface area contributed by atoms with Crippen molar-refractivity contribution in [1.82, 2.24) is 9.88 Å². The zero-order chi connectivity index (χ0) is 14.5. The molecule has 0 fully saturated rings. The third kappa shape index (κ3) is 4.20. The molecular formula is C16H28N2O. The number of pyridine rings is 1. The van der Waals surface area contributed by atoms with E-state index in [1.54, 1.807) is 0 Å². The summed E-state index contributed by atoms with van der Waals surface area (Å²) in [5.74, 6) is 0. The topological polar surface area (TPSA) is 34.0 Å². The molecule has 0 amide bonds. The number of nitrogens with one attached hydrogen (secondary N) is 1. The molecule has 0 aliphatic rings. The van der Waals surface area contributed by atoms with Gasteiger partial charge in [-0.1, -0.05) is 40.2 Å². The monoisotopic (exact) mass is 264 g/mol. The molecule has 1 aromatic heterocycles. The van der Waals surface area contributed by atoms with E-state index >= 15 is 0 Å². The van der Waals surface area contributed by atoms with E-state index in [9.17, 15) is 4.79 Å². The molecule has 0 aliphatic carbocycles. The molecule has 3 heteroatoms. The molecule has 0 spiro atoms. The second-order valence-corrected chi connectivity index (χ2v) is 6.07. The van der Waals surface area contributed by atoms with Crippen LogP contribution in [0.2, 0.25) is 0 Å². The lowest BCUT2D eigenvalue weighted by Crippen LogP contribution is -2.32. The number of unbranched alkanes of at least 4 members (excludes halogenated alkanes) is 1. The third-order valence-corrected chi connectivity index (χ3v) is 3.36. The highest BCUT2D eigenvalue weighted by atomic mass is 16.1. The number of hydrogen-bond donors (Lipinski definition) is 1. The van der Waals surface area contributed by atoms with Crippen LogP contribution in [0.1, 0.15) is 58.7 Å². The standard InChI is InChI=1S/C16H28N2O/c1-6-8-11-17-12-13-9-10-14(16(3,4)5)18(7-2)15(13)19/h9-10,17H,6-8,11-12H2,1-5H3. The van der Waals surface area contributed by atoms with Crippen molar-refractivity contribution < 1.29 is 0 Å². The Morgan fingerprint density at radius 1 is 1.21 bits per heavy atom. The van der Waals surface area contributed by atoms with Crippen LogP contribution in [0, 0.1) is 0 Å². The van der Waals surface area contributed by atoms with E-state index < -0.39 is 0 Å². The van der Waals surface area contributed by atoms with Crippen molar-refractivity contribution in [2.24, 2.45) is 0 Å². The molecule has 0 saturated heterocycles. The van der Waals surface area contributed by atoms with Crippen molar-refractivity contribution in [2.75, 3.05) is 6.54 Å². The molecule has 19 heavy (non-hydrogen) atoms. The van der Waals surface area contributed by atoms with E-state index in [4.69, 9.17) is 0 Å². The first-order valence-electron chi connectivity index (χ1n) is 7.35. The van der Waals surface area contributed by atoms with Crippen LogP contribution in [0.5, 0.6) is 0 Å². The number of hydrogen-bond acceptors (Lipinski definition) is 2. The SMILES string of the molecule is CCCCNCc1ccc(C(C)(C)C)n(CC)c1=O. The van der Waals surface area contributed by atoms with E-state index in [0.717, 1.165) is 30.8 Å². The maximum atomic E-state index is 12.5. The fourth-order valence-corrected chi connectivity index (χ4v) is 2.25. The largest absolute Gasteiger partial charge is 0.312 e. The highest BCUT2D eigenvalue weighted by Gasteiger charge is 2.19. The van der Waals surface area contributed by atoms with E-state index in [1.165, 1.54) is 6.42 Å². The highest BCUT2D eigenvalue weighted by molar-refractivity contribution is 5.21. The fourth-order valence-electron chi connectivity index (χ4n) is 2.25. The zero-order valence-corrected chi connectivity index (χ0v) is 13.0. The fraction of sp³-hybridized carbons (Fsp3) is 0.688. The van der Waals surface area contributed by atoms with Gasteiger partial charge in [-0.15, -0.1) is 0 Å². The molecule has 0 saturated carbocycles. The summed E-state index contributed by atoms with van der Waals surface area (Å²) >= 11 is 0. The average molecular weight is 264 g/mol. The minimum atomic E-state index is 0.00331. The van der Waals surface area contributed by atoms with Gasteiger partial charge in [0.05, 0.1) is 0 Å². The van der Waals surface area contributed by atoms with Crippen molar-refractivity contribution in [1.29, 1.82) is 0 Å². The Bertz CT molecular complexity index is 455. The lowest BCUT2D eigenvalue weighted by molar-refractivity contribution is 0.507. The molecule has 1 rings (SSSR count). The smallest absolute Gasteiger partial charge is 0.255 e. The summed E-state index contributed by atoms with van der Waals surface area (Å²) in [5.41, 5.74) is 2.13. The van der Waals surface area contributed by atoms with Crippen LogP contribution in [0.3, 0.4) is 0 Å². The van der Waals surface area contributed by atoms with Gasteiger partial charge in [0.2, 0.25) is 0 Å². The minimum absolute atomic E-state index is 0.00331. The van der Waals surface area contributed by atoms with Crippen LogP contribution >= 0.6 is 0 Å². The molecular weight excluding hydrogens is 236 g/mol. The summed E-state index contributed by atoms with van der Waals surface area (Å²) < 4.78 is 1.90. The van der Waals surface area contributed by atoms with Gasteiger partial charge in [-0.2, -0.15) is 0 Å². The van der Waals surface area contributed by atoms with Gasteiger partial charge in [-0.05, 0) is 26.0 Å². The third-order valence-electron chi connectivity index (χ3n) is 3.36. The van der Waals surface area contributed by atoms with Crippen molar-refractivity contribution in [3.8, 4) is 0 Å². The predicted octanol–water partition coefficient (Wildman–Crippen LogP) is 3.06. The molecule has 0 radical (unpaired) electrons. The van der Waals surface area contributed by atoms with Crippen molar-refractivity contribution in [3.63, 3.8) is 0 Å². The number of rotatable bonds is 6. The van der Waals surface area contributed by atoms with E-state index in [0.29, 0.717) is 6.54 Å². The van der Waals surface area contributed by atoms with Crippen molar-refractivity contribution in [2.45, 2.75) is 66.0 Å². The Hall–Kier alpha value is -1.09. The predicted molar refractivity (Wildman–Crippen MR) is 81.7 cm³/mol. The van der Waals surface area contributed by atoms with Crippen molar-refractivity contribution in [3.05, 3.63) is 33.7 Å². The Kier molecular flexibility index (Phi) is 5.80. The summed E-state index contributed by atoms with van der Waals surface area (Å²) in [6, 6.07) is 4.08. The van der Waals surface area contributed by atoms with Crippen LogP contribution in [0.4, 0.5) is 0 Å². The van der Waals surface area contributed by atoms with E-state index in [-0.39, 0.29) is 11.0 Å². The second-order valence-electron chi connectivity index (χ2n) is 6.07. The van der Waals surface area contributed by atoms with Gasteiger partial charge in [0.1, 0.15) is 0 Å². The Labute approximate surface area is 117 Å². The second kappa shape index (κ2) is 6.90. The Morgan fingerprint density at radius 3 is 2.42 bits per heavy atom. The zero-order valence-electron chi connectivity index (χ0n) is 13.0. The van der Waals surface area contributed by atoms with E-state index in [1.807, 2.05) is 17.6 Å². The Morgan fingerprint density at radius 2 is 1.89 bits per heavy atom. The summed E-state index contributed by atoms with van der Waals surface area (Å²) in [4.78, 5) is 12.5. The molecule has 1 N–H and O–H groups in total. The van der Waals surface area contributed by atoms with Crippen LogP contribution in [0.25, 0.3) is 0 Å². The molecule has 0 unspecified atom stereocenters. The summed E-state index contributed by atoms with van der Waals surface area (Å²) in [5, 5.41) is 3.34. The summed E-state index contributed by atoms with van der Waals surface area (Å²) in [6.45, 7) is 13.0. The molecule has 0 aliphatic heterocycles. The lowest BCUT2D eigenvalue weighted by Gasteiger charge is -2.24. The van der Waals surface area contributed by atoms with Crippen LogP contribution < -0.4 is 10.9 Å². The average Bonchev–Trinajstić information content (AvgIpc) is 2.34. The van der Waals surface area contributed by atoms with Gasteiger partial charge >= 0.3 is 0 Å². The summed E-state index contributed by atoms with van der Waals surface area (Å²) in [7, 11) is 0. The lowest BCUT2D eigenvalue weighted by atomic mass is 9.90. The van der Waals surface area contributed by atoms with Gasteiger partial charge in [0.15, 0.2) is 0 Å². The van der Waals surface area contributed by atoms with Crippen LogP contribution in [-0.4, -0.2) is 11.1 Å². The number of aromatic nitrogens is 1. The quantitative estimate of drug-likeness (QED) is 0.801.